The van der Waals surface area contributed by atoms with Crippen molar-refractivity contribution in [2.24, 2.45) is 5.92 Å². The van der Waals surface area contributed by atoms with Crippen LogP contribution in [-0.2, 0) is 10.0 Å². The SMILES string of the molecule is O=C(NC(CCCS(=O)(=O)N1CCNCC1)C1CCNCC1)c1cccc2c1OCCO2. The molecule has 1 atom stereocenters. The Morgan fingerprint density at radius 3 is 2.59 bits per heavy atom. The molecule has 1 aromatic carbocycles. The molecule has 0 aliphatic carbocycles. The third kappa shape index (κ3) is 5.72. The predicted octanol–water partition coefficient (Wildman–Crippen LogP) is 0.571. The van der Waals surface area contributed by atoms with Crippen LogP contribution in [0.2, 0.25) is 0 Å². The number of rotatable bonds is 8. The van der Waals surface area contributed by atoms with E-state index in [9.17, 15) is 13.2 Å². The number of amides is 1. The molecule has 178 valence electrons. The second-order valence-electron chi connectivity index (χ2n) is 8.60. The van der Waals surface area contributed by atoms with Crippen molar-refractivity contribution >= 4 is 15.9 Å². The molecule has 3 aliphatic heterocycles. The second kappa shape index (κ2) is 10.8. The van der Waals surface area contributed by atoms with Crippen molar-refractivity contribution in [3.8, 4) is 11.5 Å². The summed E-state index contributed by atoms with van der Waals surface area (Å²) in [4.78, 5) is 13.2. The molecular formula is C22H34N4O5S. The average Bonchev–Trinajstić information content (AvgIpc) is 2.84. The van der Waals surface area contributed by atoms with Gasteiger partial charge in [-0.25, -0.2) is 8.42 Å². The molecule has 0 aromatic heterocycles. The molecule has 2 fully saturated rings. The Bertz CT molecular complexity index is 882. The van der Waals surface area contributed by atoms with E-state index in [2.05, 4.69) is 16.0 Å². The van der Waals surface area contributed by atoms with E-state index in [0.29, 0.717) is 75.2 Å². The summed E-state index contributed by atoms with van der Waals surface area (Å²) >= 11 is 0. The van der Waals surface area contributed by atoms with Crippen LogP contribution in [0.4, 0.5) is 0 Å². The highest BCUT2D eigenvalue weighted by Crippen LogP contribution is 2.34. The van der Waals surface area contributed by atoms with Gasteiger partial charge in [0, 0.05) is 32.2 Å². The van der Waals surface area contributed by atoms with Gasteiger partial charge in [-0.15, -0.1) is 0 Å². The third-order valence-electron chi connectivity index (χ3n) is 6.47. The minimum Gasteiger partial charge on any atom is -0.486 e. The van der Waals surface area contributed by atoms with Gasteiger partial charge in [-0.3, -0.25) is 4.79 Å². The molecule has 32 heavy (non-hydrogen) atoms. The van der Waals surface area contributed by atoms with Crippen LogP contribution in [0.15, 0.2) is 18.2 Å². The summed E-state index contributed by atoms with van der Waals surface area (Å²) in [5.41, 5.74) is 0.467. The van der Waals surface area contributed by atoms with Crippen LogP contribution in [0.1, 0.15) is 36.0 Å². The summed E-state index contributed by atoms with van der Waals surface area (Å²) in [6.07, 6.45) is 3.08. The molecule has 0 bridgehead atoms. The van der Waals surface area contributed by atoms with E-state index in [-0.39, 0.29) is 17.7 Å². The van der Waals surface area contributed by atoms with Gasteiger partial charge in [0.25, 0.3) is 5.91 Å². The first-order valence-electron chi connectivity index (χ1n) is 11.6. The van der Waals surface area contributed by atoms with Gasteiger partial charge in [0.15, 0.2) is 11.5 Å². The minimum absolute atomic E-state index is 0.0804. The number of fused-ring (bicyclic) bond motifs is 1. The summed E-state index contributed by atoms with van der Waals surface area (Å²) < 4.78 is 38.3. The number of carbonyl (C=O) groups excluding carboxylic acids is 1. The van der Waals surface area contributed by atoms with Crippen LogP contribution < -0.4 is 25.4 Å². The number of hydrogen-bond acceptors (Lipinski definition) is 7. The average molecular weight is 467 g/mol. The summed E-state index contributed by atoms with van der Waals surface area (Å²) in [5.74, 6) is 1.31. The number of benzene rings is 1. The fourth-order valence-corrected chi connectivity index (χ4v) is 6.24. The number of piperidine rings is 1. The molecule has 10 heteroatoms. The lowest BCUT2D eigenvalue weighted by Crippen LogP contribution is -2.47. The normalized spacial score (nSPS) is 21.1. The van der Waals surface area contributed by atoms with Crippen molar-refractivity contribution in [2.75, 3.05) is 58.2 Å². The molecule has 9 nitrogen and oxygen atoms in total. The minimum atomic E-state index is -3.27. The van der Waals surface area contributed by atoms with E-state index in [1.807, 2.05) is 0 Å². The van der Waals surface area contributed by atoms with E-state index in [4.69, 9.17) is 9.47 Å². The molecule has 1 aromatic rings. The van der Waals surface area contributed by atoms with Gasteiger partial charge in [-0.2, -0.15) is 4.31 Å². The smallest absolute Gasteiger partial charge is 0.255 e. The zero-order valence-corrected chi connectivity index (χ0v) is 19.3. The summed E-state index contributed by atoms with van der Waals surface area (Å²) in [7, 11) is -3.27. The molecule has 0 radical (unpaired) electrons. The van der Waals surface area contributed by atoms with Crippen LogP contribution in [0.5, 0.6) is 11.5 Å². The summed E-state index contributed by atoms with van der Waals surface area (Å²) in [5, 5.41) is 9.74. The molecule has 3 aliphatic rings. The topological polar surface area (TPSA) is 109 Å². The Morgan fingerprint density at radius 1 is 1.09 bits per heavy atom. The van der Waals surface area contributed by atoms with Gasteiger partial charge in [0.2, 0.25) is 10.0 Å². The number of ether oxygens (including phenoxy) is 2. The third-order valence-corrected chi connectivity index (χ3v) is 8.42. The van der Waals surface area contributed by atoms with Gasteiger partial charge < -0.3 is 25.4 Å². The van der Waals surface area contributed by atoms with Gasteiger partial charge in [0.1, 0.15) is 13.2 Å². The molecule has 3 heterocycles. The van der Waals surface area contributed by atoms with Crippen LogP contribution in [-0.4, -0.2) is 82.9 Å². The molecule has 0 saturated carbocycles. The number of nitrogens with zero attached hydrogens (tertiary/aromatic N) is 1. The van der Waals surface area contributed by atoms with Crippen LogP contribution >= 0.6 is 0 Å². The van der Waals surface area contributed by atoms with Crippen molar-refractivity contribution in [3.05, 3.63) is 23.8 Å². The van der Waals surface area contributed by atoms with E-state index in [0.717, 1.165) is 25.9 Å². The van der Waals surface area contributed by atoms with E-state index >= 15 is 0 Å². The van der Waals surface area contributed by atoms with Crippen molar-refractivity contribution < 1.29 is 22.7 Å². The van der Waals surface area contributed by atoms with Crippen LogP contribution in [0, 0.1) is 5.92 Å². The number of piperazine rings is 1. The molecule has 2 saturated heterocycles. The highest BCUT2D eigenvalue weighted by molar-refractivity contribution is 7.89. The number of hydrogen-bond donors (Lipinski definition) is 3. The second-order valence-corrected chi connectivity index (χ2v) is 10.7. The van der Waals surface area contributed by atoms with E-state index in [1.54, 1.807) is 22.5 Å². The summed E-state index contributed by atoms with van der Waals surface area (Å²) in [6, 6.07) is 5.26. The zero-order valence-electron chi connectivity index (χ0n) is 18.5. The fraction of sp³-hybridized carbons (Fsp3) is 0.682. The highest BCUT2D eigenvalue weighted by atomic mass is 32.2. The van der Waals surface area contributed by atoms with Crippen molar-refractivity contribution in [1.82, 2.24) is 20.3 Å². The largest absolute Gasteiger partial charge is 0.486 e. The van der Waals surface area contributed by atoms with Gasteiger partial charge in [-0.1, -0.05) is 6.07 Å². The summed E-state index contributed by atoms with van der Waals surface area (Å²) in [6.45, 7) is 5.15. The van der Waals surface area contributed by atoms with Gasteiger partial charge in [-0.05, 0) is 56.8 Å². The number of nitrogens with one attached hydrogen (secondary N) is 3. The Balaban J connectivity index is 1.41. The predicted molar refractivity (Wildman–Crippen MR) is 122 cm³/mol. The van der Waals surface area contributed by atoms with Crippen molar-refractivity contribution in [3.63, 3.8) is 0 Å². The number of sulfonamides is 1. The Kier molecular flexibility index (Phi) is 7.88. The zero-order chi connectivity index (χ0) is 22.4. The quantitative estimate of drug-likeness (QED) is 0.514. The van der Waals surface area contributed by atoms with Crippen LogP contribution in [0.25, 0.3) is 0 Å². The lowest BCUT2D eigenvalue weighted by atomic mass is 9.87. The Labute approximate surface area is 190 Å². The molecule has 1 amide bonds. The van der Waals surface area contributed by atoms with Crippen molar-refractivity contribution in [2.45, 2.75) is 31.7 Å². The van der Waals surface area contributed by atoms with Crippen LogP contribution in [0.3, 0.4) is 0 Å². The number of carbonyl (C=O) groups is 1. The van der Waals surface area contributed by atoms with E-state index < -0.39 is 10.0 Å². The standard InChI is InChI=1S/C22H34N4O5S/c27-22(18-3-1-5-20-21(18)31-15-14-30-20)25-19(17-6-8-23-9-7-17)4-2-16-32(28,29)26-12-10-24-11-13-26/h1,3,5,17,19,23-24H,2,4,6-16H2,(H,25,27). The first-order chi connectivity index (χ1) is 15.5. The van der Waals surface area contributed by atoms with Gasteiger partial charge in [0.05, 0.1) is 11.3 Å². The lowest BCUT2D eigenvalue weighted by Gasteiger charge is -2.32. The first kappa shape index (κ1) is 23.3. The van der Waals surface area contributed by atoms with Crippen molar-refractivity contribution in [1.29, 1.82) is 0 Å². The monoisotopic (exact) mass is 466 g/mol. The fourth-order valence-electron chi connectivity index (χ4n) is 4.71. The maximum atomic E-state index is 13.2. The molecule has 4 rings (SSSR count). The van der Waals surface area contributed by atoms with Gasteiger partial charge >= 0.3 is 0 Å². The molecule has 0 spiro atoms. The Morgan fingerprint density at radius 2 is 1.81 bits per heavy atom. The lowest BCUT2D eigenvalue weighted by molar-refractivity contribution is 0.0900. The maximum absolute atomic E-state index is 13.2. The molecule has 1 unspecified atom stereocenters. The highest BCUT2D eigenvalue weighted by Gasteiger charge is 2.29. The number of para-hydroxylation sites is 1. The Hall–Kier alpha value is -1.88. The first-order valence-corrected chi connectivity index (χ1v) is 13.2. The molecule has 3 N–H and O–H groups in total. The van der Waals surface area contributed by atoms with E-state index in [1.165, 1.54) is 0 Å². The maximum Gasteiger partial charge on any atom is 0.255 e. The molecular weight excluding hydrogens is 432 g/mol.